The lowest BCUT2D eigenvalue weighted by atomic mass is 10.2. The van der Waals surface area contributed by atoms with Gasteiger partial charge in [0.15, 0.2) is 0 Å². The van der Waals surface area contributed by atoms with Crippen LogP contribution in [-0.2, 0) is 4.79 Å². The monoisotopic (exact) mass is 270 g/mol. The third-order valence-electron chi connectivity index (χ3n) is 2.89. The van der Waals surface area contributed by atoms with E-state index in [1.165, 1.54) is 0 Å². The summed E-state index contributed by atoms with van der Waals surface area (Å²) in [6, 6.07) is 7.83. The second-order valence-corrected chi connectivity index (χ2v) is 4.58. The van der Waals surface area contributed by atoms with E-state index >= 15 is 0 Å². The highest BCUT2D eigenvalue weighted by molar-refractivity contribution is 5.88. The quantitative estimate of drug-likeness (QED) is 0.795. The Kier molecular flexibility index (Phi) is 4.99. The number of nitrogens with one attached hydrogen (secondary N) is 1. The van der Waals surface area contributed by atoms with E-state index in [4.69, 9.17) is 10.5 Å². The zero-order chi connectivity index (χ0) is 12.3. The molecular formula is C13H19ClN2O2. The summed E-state index contributed by atoms with van der Waals surface area (Å²) in [6.45, 7) is 2.97. The number of hydrogen-bond donors (Lipinski definition) is 2. The fourth-order valence-electron chi connectivity index (χ4n) is 1.58. The number of amides is 1. The van der Waals surface area contributed by atoms with Crippen molar-refractivity contribution in [1.29, 1.82) is 0 Å². The summed E-state index contributed by atoms with van der Waals surface area (Å²) in [5, 5.41) is 2.78. The van der Waals surface area contributed by atoms with Gasteiger partial charge in [-0.15, -0.1) is 12.4 Å². The molecule has 100 valence electrons. The van der Waals surface area contributed by atoms with Gasteiger partial charge in [0.05, 0.1) is 12.1 Å². The van der Waals surface area contributed by atoms with E-state index in [2.05, 4.69) is 5.32 Å². The highest BCUT2D eigenvalue weighted by Gasteiger charge is 2.45. The van der Waals surface area contributed by atoms with E-state index in [0.717, 1.165) is 24.2 Å². The number of carbonyl (C=O) groups is 1. The van der Waals surface area contributed by atoms with E-state index in [1.807, 2.05) is 31.2 Å². The smallest absolute Gasteiger partial charge is 0.240 e. The minimum atomic E-state index is -0.594. The van der Waals surface area contributed by atoms with Crippen LogP contribution in [0, 0.1) is 6.92 Å². The summed E-state index contributed by atoms with van der Waals surface area (Å²) in [5.74, 6) is 0.762. The molecule has 0 saturated heterocycles. The molecule has 0 aromatic heterocycles. The van der Waals surface area contributed by atoms with Crippen molar-refractivity contribution in [3.05, 3.63) is 29.8 Å². The molecule has 1 aliphatic rings. The maximum Gasteiger partial charge on any atom is 0.240 e. The molecule has 0 aliphatic heterocycles. The molecule has 2 rings (SSSR count). The Balaban J connectivity index is 0.00000162. The van der Waals surface area contributed by atoms with Gasteiger partial charge in [0.25, 0.3) is 0 Å². The van der Waals surface area contributed by atoms with Gasteiger partial charge in [-0.1, -0.05) is 12.1 Å². The van der Waals surface area contributed by atoms with E-state index < -0.39 is 5.54 Å². The van der Waals surface area contributed by atoms with E-state index in [1.54, 1.807) is 0 Å². The number of benzene rings is 1. The van der Waals surface area contributed by atoms with Crippen LogP contribution in [0.2, 0.25) is 0 Å². The molecule has 1 amide bonds. The number of carbonyl (C=O) groups excluding carboxylic acids is 1. The fraction of sp³-hybridized carbons (Fsp3) is 0.462. The first-order chi connectivity index (χ1) is 8.10. The Labute approximate surface area is 113 Å². The summed E-state index contributed by atoms with van der Waals surface area (Å²) in [7, 11) is 0. The van der Waals surface area contributed by atoms with Gasteiger partial charge >= 0.3 is 0 Å². The molecule has 0 spiro atoms. The van der Waals surface area contributed by atoms with Gasteiger partial charge in [0, 0.05) is 0 Å². The van der Waals surface area contributed by atoms with Crippen molar-refractivity contribution < 1.29 is 9.53 Å². The van der Waals surface area contributed by atoms with Crippen LogP contribution < -0.4 is 15.8 Å². The first-order valence-electron chi connectivity index (χ1n) is 5.87. The predicted octanol–water partition coefficient (Wildman–Crippen LogP) is 1.40. The fourth-order valence-corrected chi connectivity index (χ4v) is 1.58. The molecule has 5 heteroatoms. The largest absolute Gasteiger partial charge is 0.492 e. The minimum Gasteiger partial charge on any atom is -0.492 e. The Morgan fingerprint density at radius 3 is 2.83 bits per heavy atom. The Bertz CT molecular complexity index is 419. The zero-order valence-corrected chi connectivity index (χ0v) is 11.3. The van der Waals surface area contributed by atoms with Gasteiger partial charge in [-0.3, -0.25) is 4.79 Å². The van der Waals surface area contributed by atoms with Crippen LogP contribution in [-0.4, -0.2) is 24.6 Å². The first-order valence-corrected chi connectivity index (χ1v) is 5.87. The molecule has 3 N–H and O–H groups in total. The normalized spacial score (nSPS) is 15.4. The number of halogens is 1. The molecule has 1 aliphatic carbocycles. The summed E-state index contributed by atoms with van der Waals surface area (Å²) >= 11 is 0. The molecule has 1 saturated carbocycles. The highest BCUT2D eigenvalue weighted by atomic mass is 35.5. The molecule has 0 atom stereocenters. The number of aryl methyl sites for hydroxylation is 1. The van der Waals surface area contributed by atoms with Crippen molar-refractivity contribution in [2.24, 2.45) is 5.73 Å². The number of hydrogen-bond acceptors (Lipinski definition) is 3. The van der Waals surface area contributed by atoms with Gasteiger partial charge in [0.1, 0.15) is 12.4 Å². The highest BCUT2D eigenvalue weighted by Crippen LogP contribution is 2.31. The van der Waals surface area contributed by atoms with Gasteiger partial charge < -0.3 is 15.8 Å². The Morgan fingerprint density at radius 1 is 1.50 bits per heavy atom. The summed E-state index contributed by atoms with van der Waals surface area (Å²) < 4.78 is 5.51. The van der Waals surface area contributed by atoms with Crippen molar-refractivity contribution in [3.8, 4) is 5.75 Å². The molecule has 18 heavy (non-hydrogen) atoms. The maximum atomic E-state index is 11.5. The van der Waals surface area contributed by atoms with Gasteiger partial charge in [-0.05, 0) is 37.5 Å². The molecule has 0 bridgehead atoms. The Morgan fingerprint density at radius 2 is 2.22 bits per heavy atom. The van der Waals surface area contributed by atoms with Crippen molar-refractivity contribution in [2.45, 2.75) is 25.3 Å². The SMILES string of the molecule is Cc1cccc(OCCNC(=O)C2(N)CC2)c1.Cl. The molecular weight excluding hydrogens is 252 g/mol. The van der Waals surface area contributed by atoms with Gasteiger partial charge in [-0.25, -0.2) is 0 Å². The first kappa shape index (κ1) is 14.8. The molecule has 0 unspecified atom stereocenters. The van der Waals surface area contributed by atoms with Crippen LogP contribution in [0.25, 0.3) is 0 Å². The van der Waals surface area contributed by atoms with Gasteiger partial charge in [0.2, 0.25) is 5.91 Å². The second kappa shape index (κ2) is 6.07. The van der Waals surface area contributed by atoms with Crippen molar-refractivity contribution in [1.82, 2.24) is 5.32 Å². The Hall–Kier alpha value is -1.26. The molecule has 1 fully saturated rings. The van der Waals surface area contributed by atoms with Crippen LogP contribution in [0.4, 0.5) is 0 Å². The van der Waals surface area contributed by atoms with Crippen molar-refractivity contribution >= 4 is 18.3 Å². The second-order valence-electron chi connectivity index (χ2n) is 4.58. The standard InChI is InChI=1S/C13H18N2O2.ClH/c1-10-3-2-4-11(9-10)17-8-7-15-12(16)13(14)5-6-13;/h2-4,9H,5-8,14H2,1H3,(H,15,16);1H. The maximum absolute atomic E-state index is 11.5. The van der Waals surface area contributed by atoms with E-state index in [9.17, 15) is 4.79 Å². The van der Waals surface area contributed by atoms with Crippen LogP contribution in [0.3, 0.4) is 0 Å². The van der Waals surface area contributed by atoms with E-state index in [0.29, 0.717) is 13.2 Å². The summed E-state index contributed by atoms with van der Waals surface area (Å²) in [5.41, 5.74) is 6.31. The molecule has 4 nitrogen and oxygen atoms in total. The van der Waals surface area contributed by atoms with Crippen LogP contribution in [0.15, 0.2) is 24.3 Å². The average Bonchev–Trinajstić information content (AvgIpc) is 3.04. The predicted molar refractivity (Wildman–Crippen MR) is 73.1 cm³/mol. The number of ether oxygens (including phenoxy) is 1. The van der Waals surface area contributed by atoms with E-state index in [-0.39, 0.29) is 18.3 Å². The topological polar surface area (TPSA) is 64.3 Å². The lowest BCUT2D eigenvalue weighted by Crippen LogP contribution is -2.44. The van der Waals surface area contributed by atoms with Crippen molar-refractivity contribution in [3.63, 3.8) is 0 Å². The molecule has 0 heterocycles. The third kappa shape index (κ3) is 3.89. The van der Waals surface area contributed by atoms with Crippen LogP contribution in [0.1, 0.15) is 18.4 Å². The minimum absolute atomic E-state index is 0. The van der Waals surface area contributed by atoms with Gasteiger partial charge in [-0.2, -0.15) is 0 Å². The summed E-state index contributed by atoms with van der Waals surface area (Å²) in [4.78, 5) is 11.5. The third-order valence-corrected chi connectivity index (χ3v) is 2.89. The zero-order valence-electron chi connectivity index (χ0n) is 10.4. The van der Waals surface area contributed by atoms with Crippen molar-refractivity contribution in [2.75, 3.05) is 13.2 Å². The molecule has 1 aromatic carbocycles. The lowest BCUT2D eigenvalue weighted by molar-refractivity contribution is -0.123. The van der Waals surface area contributed by atoms with Crippen LogP contribution in [0.5, 0.6) is 5.75 Å². The van der Waals surface area contributed by atoms with Crippen LogP contribution >= 0.6 is 12.4 Å². The average molecular weight is 271 g/mol. The summed E-state index contributed by atoms with van der Waals surface area (Å²) in [6.07, 6.45) is 1.58. The molecule has 0 radical (unpaired) electrons. The molecule has 1 aromatic rings. The lowest BCUT2D eigenvalue weighted by Gasteiger charge is -2.11. The number of nitrogens with two attached hydrogens (primary N) is 1. The number of rotatable bonds is 5.